The molecule has 0 aliphatic rings. The molecule has 0 saturated heterocycles. The zero-order chi connectivity index (χ0) is 17.3. The highest BCUT2D eigenvalue weighted by molar-refractivity contribution is 7.14. The van der Waals surface area contributed by atoms with Crippen molar-refractivity contribution in [3.63, 3.8) is 0 Å². The maximum absolute atomic E-state index is 12.2. The minimum absolute atomic E-state index is 0.133. The first-order valence-electron chi connectivity index (χ1n) is 7.69. The molecular formula is C16H19N5O2S. The molecule has 0 aromatic carbocycles. The van der Waals surface area contributed by atoms with Crippen molar-refractivity contribution in [2.75, 3.05) is 5.32 Å². The normalized spacial score (nSPS) is 11.0. The Morgan fingerprint density at radius 3 is 2.79 bits per heavy atom. The van der Waals surface area contributed by atoms with E-state index in [2.05, 4.69) is 20.6 Å². The van der Waals surface area contributed by atoms with E-state index in [1.54, 1.807) is 6.92 Å². The average molecular weight is 345 g/mol. The molecule has 0 bridgehead atoms. The Labute approximate surface area is 143 Å². The van der Waals surface area contributed by atoms with E-state index in [0.717, 1.165) is 34.8 Å². The number of amides is 1. The lowest BCUT2D eigenvalue weighted by Gasteiger charge is -2.01. The van der Waals surface area contributed by atoms with Crippen LogP contribution in [0.2, 0.25) is 0 Å². The Morgan fingerprint density at radius 1 is 1.38 bits per heavy atom. The van der Waals surface area contributed by atoms with Gasteiger partial charge in [0.05, 0.1) is 24.0 Å². The van der Waals surface area contributed by atoms with Crippen LogP contribution in [0.25, 0.3) is 11.3 Å². The van der Waals surface area contributed by atoms with Gasteiger partial charge in [0.25, 0.3) is 0 Å². The molecule has 3 rings (SSSR count). The van der Waals surface area contributed by atoms with Crippen molar-refractivity contribution in [3.05, 3.63) is 34.3 Å². The maximum Gasteiger partial charge on any atom is 0.230 e. The first-order valence-corrected chi connectivity index (χ1v) is 8.57. The van der Waals surface area contributed by atoms with Crippen LogP contribution in [-0.2, 0) is 17.8 Å². The first kappa shape index (κ1) is 16.4. The number of nitrogens with one attached hydrogen (secondary N) is 1. The van der Waals surface area contributed by atoms with E-state index < -0.39 is 0 Å². The highest BCUT2D eigenvalue weighted by Crippen LogP contribution is 2.27. The second-order valence-corrected chi connectivity index (χ2v) is 6.38. The quantitative estimate of drug-likeness (QED) is 0.768. The predicted molar refractivity (Wildman–Crippen MR) is 92.1 cm³/mol. The number of carbonyl (C=O) groups excluding carboxylic acids is 1. The predicted octanol–water partition coefficient (Wildman–Crippen LogP) is 3.12. The summed E-state index contributed by atoms with van der Waals surface area (Å²) in [5.74, 6) is 0.538. The second kappa shape index (κ2) is 6.56. The molecule has 0 spiro atoms. The van der Waals surface area contributed by atoms with Gasteiger partial charge in [0.1, 0.15) is 5.76 Å². The molecule has 0 radical (unpaired) electrons. The summed E-state index contributed by atoms with van der Waals surface area (Å²) < 4.78 is 7.00. The minimum atomic E-state index is -0.133. The van der Waals surface area contributed by atoms with Crippen molar-refractivity contribution in [2.45, 2.75) is 40.7 Å². The molecule has 7 nitrogen and oxygen atoms in total. The van der Waals surface area contributed by atoms with Gasteiger partial charge in [-0.3, -0.25) is 9.48 Å². The Balaban J connectivity index is 1.72. The largest absolute Gasteiger partial charge is 0.361 e. The van der Waals surface area contributed by atoms with E-state index >= 15 is 0 Å². The lowest BCUT2D eigenvalue weighted by Crippen LogP contribution is -2.15. The van der Waals surface area contributed by atoms with E-state index in [4.69, 9.17) is 4.52 Å². The monoisotopic (exact) mass is 345 g/mol. The number of anilines is 1. The molecule has 3 heterocycles. The van der Waals surface area contributed by atoms with E-state index in [1.165, 1.54) is 11.3 Å². The van der Waals surface area contributed by atoms with Crippen molar-refractivity contribution in [1.82, 2.24) is 19.9 Å². The Bertz CT molecular complexity index is 858. The summed E-state index contributed by atoms with van der Waals surface area (Å²) in [6, 6.07) is 0. The second-order valence-electron chi connectivity index (χ2n) is 5.52. The van der Waals surface area contributed by atoms with Crippen LogP contribution in [0.1, 0.15) is 29.6 Å². The summed E-state index contributed by atoms with van der Waals surface area (Å²) in [6.45, 7) is 8.51. The summed E-state index contributed by atoms with van der Waals surface area (Å²) >= 11 is 1.40. The maximum atomic E-state index is 12.2. The van der Waals surface area contributed by atoms with Crippen LogP contribution in [0.3, 0.4) is 0 Å². The molecule has 126 valence electrons. The van der Waals surface area contributed by atoms with Crippen molar-refractivity contribution in [2.24, 2.45) is 0 Å². The molecule has 8 heteroatoms. The van der Waals surface area contributed by atoms with Crippen LogP contribution < -0.4 is 5.32 Å². The molecule has 3 aromatic rings. The number of rotatable bonds is 5. The third-order valence-corrected chi connectivity index (χ3v) is 4.71. The summed E-state index contributed by atoms with van der Waals surface area (Å²) in [6.07, 6.45) is 2.03. The van der Waals surface area contributed by atoms with Crippen LogP contribution >= 0.6 is 11.3 Å². The summed E-state index contributed by atoms with van der Waals surface area (Å²) in [7, 11) is 0. The minimum Gasteiger partial charge on any atom is -0.361 e. The van der Waals surface area contributed by atoms with Crippen LogP contribution in [-0.4, -0.2) is 25.8 Å². The van der Waals surface area contributed by atoms with Crippen molar-refractivity contribution >= 4 is 22.4 Å². The smallest absolute Gasteiger partial charge is 0.230 e. The molecule has 0 saturated carbocycles. The lowest BCUT2D eigenvalue weighted by molar-refractivity contribution is -0.115. The summed E-state index contributed by atoms with van der Waals surface area (Å²) in [5, 5.41) is 13.5. The van der Waals surface area contributed by atoms with E-state index in [-0.39, 0.29) is 12.3 Å². The Kier molecular flexibility index (Phi) is 4.48. The zero-order valence-corrected chi connectivity index (χ0v) is 14.9. The Morgan fingerprint density at radius 2 is 2.17 bits per heavy atom. The molecule has 0 aliphatic carbocycles. The molecule has 1 N–H and O–H groups in total. The highest BCUT2D eigenvalue weighted by atomic mass is 32.1. The molecule has 3 aromatic heterocycles. The molecule has 1 amide bonds. The van der Waals surface area contributed by atoms with Gasteiger partial charge in [0.15, 0.2) is 5.13 Å². The average Bonchev–Trinajstić information content (AvgIpc) is 3.23. The molecule has 0 atom stereocenters. The number of aromatic nitrogens is 4. The summed E-state index contributed by atoms with van der Waals surface area (Å²) in [5.41, 5.74) is 4.44. The van der Waals surface area contributed by atoms with Gasteiger partial charge in [-0.05, 0) is 27.7 Å². The van der Waals surface area contributed by atoms with Crippen LogP contribution in [0.4, 0.5) is 5.13 Å². The standard InChI is InChI=1S/C16H19N5O2S/c1-5-21-10(3)13(7-17-21)14-8-24-16(18-14)19-15(22)6-12-9(2)20-23-11(12)4/h7-8H,5-6H2,1-4H3,(H,18,19,22). The van der Waals surface area contributed by atoms with E-state index in [9.17, 15) is 4.79 Å². The highest BCUT2D eigenvalue weighted by Gasteiger charge is 2.16. The Hall–Kier alpha value is -2.48. The van der Waals surface area contributed by atoms with Gasteiger partial charge in [-0.2, -0.15) is 5.10 Å². The van der Waals surface area contributed by atoms with E-state index in [1.807, 2.05) is 37.0 Å². The van der Waals surface area contributed by atoms with Gasteiger partial charge in [-0.1, -0.05) is 5.16 Å². The number of aryl methyl sites for hydroxylation is 3. The third kappa shape index (κ3) is 3.09. The van der Waals surface area contributed by atoms with Gasteiger partial charge in [0.2, 0.25) is 5.91 Å². The fourth-order valence-electron chi connectivity index (χ4n) is 2.55. The first-order chi connectivity index (χ1) is 11.5. The number of carbonyl (C=O) groups is 1. The molecule has 0 aliphatic heterocycles. The van der Waals surface area contributed by atoms with Gasteiger partial charge >= 0.3 is 0 Å². The van der Waals surface area contributed by atoms with Crippen LogP contribution in [0, 0.1) is 20.8 Å². The van der Waals surface area contributed by atoms with E-state index in [0.29, 0.717) is 10.9 Å². The molecule has 24 heavy (non-hydrogen) atoms. The lowest BCUT2D eigenvalue weighted by atomic mass is 10.1. The zero-order valence-electron chi connectivity index (χ0n) is 14.1. The van der Waals surface area contributed by atoms with Gasteiger partial charge in [-0.25, -0.2) is 4.98 Å². The number of nitrogens with zero attached hydrogens (tertiary/aromatic N) is 4. The van der Waals surface area contributed by atoms with Crippen molar-refractivity contribution in [3.8, 4) is 11.3 Å². The molecule has 0 unspecified atom stereocenters. The van der Waals surface area contributed by atoms with Crippen molar-refractivity contribution < 1.29 is 9.32 Å². The molecular weight excluding hydrogens is 326 g/mol. The van der Waals surface area contributed by atoms with Crippen LogP contribution in [0.15, 0.2) is 16.1 Å². The summed E-state index contributed by atoms with van der Waals surface area (Å²) in [4.78, 5) is 16.7. The number of hydrogen-bond acceptors (Lipinski definition) is 6. The fourth-order valence-corrected chi connectivity index (χ4v) is 3.28. The fraction of sp³-hybridized carbons (Fsp3) is 0.375. The van der Waals surface area contributed by atoms with Crippen molar-refractivity contribution in [1.29, 1.82) is 0 Å². The number of hydrogen-bond donors (Lipinski definition) is 1. The van der Waals surface area contributed by atoms with Crippen LogP contribution in [0.5, 0.6) is 0 Å². The number of thiazole rings is 1. The third-order valence-electron chi connectivity index (χ3n) is 3.95. The topological polar surface area (TPSA) is 85.8 Å². The molecule has 0 fully saturated rings. The van der Waals surface area contributed by atoms with Gasteiger partial charge in [0, 0.05) is 28.7 Å². The van der Waals surface area contributed by atoms with Gasteiger partial charge < -0.3 is 9.84 Å². The van der Waals surface area contributed by atoms with Gasteiger partial charge in [-0.15, -0.1) is 11.3 Å². The SMILES string of the molecule is CCn1ncc(-c2csc(NC(=O)Cc3c(C)noc3C)n2)c1C.